The van der Waals surface area contributed by atoms with E-state index in [1.807, 2.05) is 29.6 Å². The van der Waals surface area contributed by atoms with Crippen molar-refractivity contribution in [1.29, 1.82) is 0 Å². The first-order chi connectivity index (χ1) is 11.6. The molecule has 24 heavy (non-hydrogen) atoms. The molecule has 1 aromatic carbocycles. The van der Waals surface area contributed by atoms with Crippen molar-refractivity contribution in [3.63, 3.8) is 0 Å². The zero-order valence-electron chi connectivity index (χ0n) is 14.2. The number of benzene rings is 1. The summed E-state index contributed by atoms with van der Waals surface area (Å²) in [6.07, 6.45) is 1.87. The van der Waals surface area contributed by atoms with Gasteiger partial charge in [0.2, 0.25) is 0 Å². The van der Waals surface area contributed by atoms with Crippen LogP contribution < -0.4 is 5.32 Å². The van der Waals surface area contributed by atoms with Gasteiger partial charge in [0.1, 0.15) is 0 Å². The predicted octanol–water partition coefficient (Wildman–Crippen LogP) is 4.14. The number of rotatable bonds is 7. The van der Waals surface area contributed by atoms with Gasteiger partial charge in [-0.15, -0.1) is 11.3 Å². The van der Waals surface area contributed by atoms with Crippen molar-refractivity contribution in [2.75, 3.05) is 13.2 Å². The van der Waals surface area contributed by atoms with Gasteiger partial charge in [0.15, 0.2) is 0 Å². The largest absolute Gasteiger partial charge is 0.465 e. The molecule has 0 spiro atoms. The molecule has 1 heterocycles. The Labute approximate surface area is 147 Å². The average molecular weight is 344 g/mol. The molecule has 0 saturated carbocycles. The Kier molecular flexibility index (Phi) is 7.49. The first-order valence-electron chi connectivity index (χ1n) is 8.21. The summed E-state index contributed by atoms with van der Waals surface area (Å²) in [5, 5.41) is 4.65. The maximum absolute atomic E-state index is 12.2. The molecule has 0 aliphatic rings. The minimum atomic E-state index is -0.171. The van der Waals surface area contributed by atoms with E-state index in [0.717, 1.165) is 12.8 Å². The Morgan fingerprint density at radius 2 is 2.00 bits per heavy atom. The van der Waals surface area contributed by atoms with Gasteiger partial charge in [-0.2, -0.15) is 0 Å². The van der Waals surface area contributed by atoms with Crippen LogP contribution in [-0.2, 0) is 11.2 Å². The standard InChI is InChI=1S/C19H24N2O2S/c1-15(2)14-23-19(21-18(22)17-11-7-13-24-17)20-12-6-10-16-8-4-3-5-9-16/h3-5,7-9,11,13,15H,6,10,12,14H2,1-2H3,(H,20,21,22). The molecule has 128 valence electrons. The normalized spacial score (nSPS) is 11.5. The number of amidine groups is 1. The number of aliphatic imine (C=N–C) groups is 1. The molecule has 0 aliphatic carbocycles. The van der Waals surface area contributed by atoms with Crippen molar-refractivity contribution >= 4 is 23.3 Å². The number of carbonyl (C=O) groups excluding carboxylic acids is 1. The molecule has 1 amide bonds. The minimum absolute atomic E-state index is 0.171. The predicted molar refractivity (Wildman–Crippen MR) is 99.6 cm³/mol. The number of thiophene rings is 1. The first-order valence-corrected chi connectivity index (χ1v) is 9.09. The molecule has 2 rings (SSSR count). The Bertz CT molecular complexity index is 637. The molecule has 2 aromatic rings. The highest BCUT2D eigenvalue weighted by atomic mass is 32.1. The van der Waals surface area contributed by atoms with E-state index in [4.69, 9.17) is 4.74 Å². The molecule has 4 nitrogen and oxygen atoms in total. The smallest absolute Gasteiger partial charge is 0.291 e. The summed E-state index contributed by atoms with van der Waals surface area (Å²) in [6.45, 7) is 5.28. The van der Waals surface area contributed by atoms with Gasteiger partial charge in [-0.1, -0.05) is 50.2 Å². The maximum atomic E-state index is 12.2. The quantitative estimate of drug-likeness (QED) is 0.466. The van der Waals surface area contributed by atoms with Crippen LogP contribution in [0.4, 0.5) is 0 Å². The highest BCUT2D eigenvalue weighted by Gasteiger charge is 2.11. The molecule has 1 N–H and O–H groups in total. The second-order valence-electron chi connectivity index (χ2n) is 5.91. The lowest BCUT2D eigenvalue weighted by Gasteiger charge is -2.12. The van der Waals surface area contributed by atoms with E-state index in [9.17, 15) is 4.79 Å². The first kappa shape index (κ1) is 18.2. The van der Waals surface area contributed by atoms with E-state index in [1.54, 1.807) is 6.07 Å². The minimum Gasteiger partial charge on any atom is -0.465 e. The van der Waals surface area contributed by atoms with Crippen molar-refractivity contribution in [2.45, 2.75) is 26.7 Å². The van der Waals surface area contributed by atoms with E-state index in [0.29, 0.717) is 30.0 Å². The van der Waals surface area contributed by atoms with Crippen molar-refractivity contribution in [3.05, 3.63) is 58.3 Å². The summed E-state index contributed by atoms with van der Waals surface area (Å²) in [6, 6.07) is 14.3. The summed E-state index contributed by atoms with van der Waals surface area (Å²) in [5.74, 6) is 0.203. The second-order valence-corrected chi connectivity index (χ2v) is 6.86. The molecule has 0 unspecified atom stereocenters. The average Bonchev–Trinajstić information content (AvgIpc) is 3.11. The highest BCUT2D eigenvalue weighted by molar-refractivity contribution is 7.12. The molecule has 0 saturated heterocycles. The zero-order chi connectivity index (χ0) is 17.2. The van der Waals surface area contributed by atoms with Crippen LogP contribution in [0.15, 0.2) is 52.8 Å². The molecule has 0 radical (unpaired) electrons. The van der Waals surface area contributed by atoms with Crippen LogP contribution in [0.2, 0.25) is 0 Å². The van der Waals surface area contributed by atoms with E-state index >= 15 is 0 Å². The molecule has 0 bridgehead atoms. The highest BCUT2D eigenvalue weighted by Crippen LogP contribution is 2.08. The fraction of sp³-hybridized carbons (Fsp3) is 0.368. The van der Waals surface area contributed by atoms with Crippen molar-refractivity contribution < 1.29 is 9.53 Å². The fourth-order valence-corrected chi connectivity index (χ4v) is 2.66. The summed E-state index contributed by atoms with van der Waals surface area (Å²) < 4.78 is 5.65. The zero-order valence-corrected chi connectivity index (χ0v) is 15.0. The molecular formula is C19H24N2O2S. The fourth-order valence-electron chi connectivity index (χ4n) is 2.04. The third-order valence-corrected chi connectivity index (χ3v) is 4.11. The Morgan fingerprint density at radius 1 is 1.21 bits per heavy atom. The van der Waals surface area contributed by atoms with Crippen LogP contribution >= 0.6 is 11.3 Å². The Hall–Kier alpha value is -2.14. The van der Waals surface area contributed by atoms with Gasteiger partial charge in [-0.3, -0.25) is 10.1 Å². The number of carbonyl (C=O) groups is 1. The molecule has 0 atom stereocenters. The van der Waals surface area contributed by atoms with Crippen LogP contribution in [0.1, 0.15) is 35.5 Å². The topological polar surface area (TPSA) is 50.7 Å². The summed E-state index contributed by atoms with van der Waals surface area (Å²) in [5.41, 5.74) is 1.29. The molecule has 1 aromatic heterocycles. The molecule has 0 fully saturated rings. The number of nitrogens with zero attached hydrogens (tertiary/aromatic N) is 1. The van der Waals surface area contributed by atoms with E-state index in [1.165, 1.54) is 16.9 Å². The SMILES string of the molecule is CC(C)COC(=NCCCc1ccccc1)NC(=O)c1cccs1. The monoisotopic (exact) mass is 344 g/mol. The third-order valence-electron chi connectivity index (χ3n) is 3.24. The van der Waals surface area contributed by atoms with Gasteiger partial charge in [-0.05, 0) is 35.8 Å². The third kappa shape index (κ3) is 6.54. The summed E-state index contributed by atoms with van der Waals surface area (Å²) >= 11 is 1.40. The van der Waals surface area contributed by atoms with Gasteiger partial charge in [0.05, 0.1) is 11.5 Å². The molecule has 5 heteroatoms. The number of hydrogen-bond donors (Lipinski definition) is 1. The molecular weight excluding hydrogens is 320 g/mol. The van der Waals surface area contributed by atoms with Crippen LogP contribution in [0.5, 0.6) is 0 Å². The lowest BCUT2D eigenvalue weighted by molar-refractivity contribution is 0.0967. The van der Waals surface area contributed by atoms with Crippen molar-refractivity contribution in [1.82, 2.24) is 5.32 Å². The van der Waals surface area contributed by atoms with Crippen LogP contribution in [-0.4, -0.2) is 25.1 Å². The van der Waals surface area contributed by atoms with E-state index < -0.39 is 0 Å². The van der Waals surface area contributed by atoms with E-state index in [2.05, 4.69) is 36.3 Å². The number of ether oxygens (including phenoxy) is 1. The maximum Gasteiger partial charge on any atom is 0.291 e. The summed E-state index contributed by atoms with van der Waals surface area (Å²) in [4.78, 5) is 17.2. The van der Waals surface area contributed by atoms with Crippen LogP contribution in [0.3, 0.4) is 0 Å². The number of hydrogen-bond acceptors (Lipinski definition) is 4. The Balaban J connectivity index is 1.87. The lowest BCUT2D eigenvalue weighted by Crippen LogP contribution is -2.33. The van der Waals surface area contributed by atoms with E-state index in [-0.39, 0.29) is 5.91 Å². The van der Waals surface area contributed by atoms with Gasteiger partial charge in [-0.25, -0.2) is 4.99 Å². The number of aryl methyl sites for hydroxylation is 1. The van der Waals surface area contributed by atoms with Gasteiger partial charge in [0, 0.05) is 6.54 Å². The Morgan fingerprint density at radius 3 is 2.67 bits per heavy atom. The lowest BCUT2D eigenvalue weighted by atomic mass is 10.1. The van der Waals surface area contributed by atoms with Crippen molar-refractivity contribution in [2.24, 2.45) is 10.9 Å². The number of amides is 1. The van der Waals surface area contributed by atoms with Crippen molar-refractivity contribution in [3.8, 4) is 0 Å². The second kappa shape index (κ2) is 9.88. The van der Waals surface area contributed by atoms with Crippen LogP contribution in [0, 0.1) is 5.92 Å². The summed E-state index contributed by atoms with van der Waals surface area (Å²) in [7, 11) is 0. The van der Waals surface area contributed by atoms with Gasteiger partial charge < -0.3 is 4.74 Å². The van der Waals surface area contributed by atoms with Crippen LogP contribution in [0.25, 0.3) is 0 Å². The van der Waals surface area contributed by atoms with Gasteiger partial charge >= 0.3 is 0 Å². The molecule has 0 aliphatic heterocycles. The number of nitrogens with one attached hydrogen (secondary N) is 1. The van der Waals surface area contributed by atoms with Gasteiger partial charge in [0.25, 0.3) is 11.9 Å².